The smallest absolute Gasteiger partial charge is 0.251 e. The van der Waals surface area contributed by atoms with Crippen LogP contribution in [0.25, 0.3) is 0 Å². The summed E-state index contributed by atoms with van der Waals surface area (Å²) >= 11 is 20.7. The first kappa shape index (κ1) is 20.5. The van der Waals surface area contributed by atoms with Crippen molar-refractivity contribution in [2.45, 2.75) is 17.8 Å². The second-order valence-corrected chi connectivity index (χ2v) is 8.25. The Morgan fingerprint density at radius 1 is 1.24 bits per heavy atom. The van der Waals surface area contributed by atoms with Crippen molar-refractivity contribution >= 4 is 69.9 Å². The van der Waals surface area contributed by atoms with Crippen molar-refractivity contribution < 1.29 is 4.79 Å². The zero-order valence-corrected chi connectivity index (χ0v) is 17.0. The number of aromatic amines is 1. The molecule has 0 aliphatic rings. The molecule has 0 radical (unpaired) electrons. The molecule has 0 saturated heterocycles. The van der Waals surface area contributed by atoms with Gasteiger partial charge < -0.3 is 10.3 Å². The van der Waals surface area contributed by atoms with Crippen LogP contribution in [-0.2, 0) is 10.5 Å². The van der Waals surface area contributed by atoms with Crippen LogP contribution in [0, 0.1) is 0 Å². The van der Waals surface area contributed by atoms with E-state index in [4.69, 9.17) is 34.8 Å². The average molecular weight is 439 g/mol. The Labute approximate surface area is 168 Å². The van der Waals surface area contributed by atoms with Gasteiger partial charge in [0.05, 0.1) is 27.2 Å². The van der Waals surface area contributed by atoms with E-state index in [-0.39, 0.29) is 27.3 Å². The van der Waals surface area contributed by atoms with Crippen molar-refractivity contribution in [1.29, 1.82) is 0 Å². The summed E-state index contributed by atoms with van der Waals surface area (Å²) in [6.07, 6.45) is 0. The minimum absolute atomic E-state index is 0.0442. The van der Waals surface area contributed by atoms with E-state index in [2.05, 4.69) is 15.3 Å². The molecule has 0 saturated carbocycles. The normalized spacial score (nSPS) is 10.7. The maximum absolute atomic E-state index is 12.1. The number of carbonyl (C=O) groups is 1. The molecule has 1 amide bonds. The molecular formula is C15H14Cl3N3O2S2. The van der Waals surface area contributed by atoms with E-state index < -0.39 is 0 Å². The number of nitrogens with zero attached hydrogens (tertiary/aromatic N) is 1. The van der Waals surface area contributed by atoms with Gasteiger partial charge in [-0.3, -0.25) is 9.59 Å². The second kappa shape index (κ2) is 9.73. The summed E-state index contributed by atoms with van der Waals surface area (Å²) < 4.78 is 0. The first-order chi connectivity index (χ1) is 11.9. The number of H-pyrrole nitrogens is 1. The van der Waals surface area contributed by atoms with E-state index in [1.54, 1.807) is 11.8 Å². The molecule has 0 atom stereocenters. The molecule has 2 aromatic rings. The van der Waals surface area contributed by atoms with Gasteiger partial charge in [0.2, 0.25) is 5.91 Å². The van der Waals surface area contributed by atoms with Crippen molar-refractivity contribution in [1.82, 2.24) is 9.97 Å². The van der Waals surface area contributed by atoms with Crippen molar-refractivity contribution in [3.05, 3.63) is 49.3 Å². The summed E-state index contributed by atoms with van der Waals surface area (Å²) in [5.41, 5.74) is 0.739. The van der Waals surface area contributed by atoms with Gasteiger partial charge in [-0.1, -0.05) is 53.5 Å². The fourth-order valence-electron chi connectivity index (χ4n) is 1.80. The molecule has 5 nitrogen and oxygen atoms in total. The number of hydrogen-bond acceptors (Lipinski definition) is 5. The number of halogens is 3. The third-order valence-electron chi connectivity index (χ3n) is 2.84. The molecule has 1 aromatic carbocycles. The van der Waals surface area contributed by atoms with E-state index in [1.165, 1.54) is 18.2 Å². The lowest BCUT2D eigenvalue weighted by Crippen LogP contribution is -2.16. The summed E-state index contributed by atoms with van der Waals surface area (Å²) in [6, 6.07) is 4.44. The van der Waals surface area contributed by atoms with Crippen LogP contribution < -0.4 is 10.9 Å². The van der Waals surface area contributed by atoms with Crippen molar-refractivity contribution in [3.8, 4) is 0 Å². The number of carbonyl (C=O) groups excluding carboxylic acids is 1. The maximum Gasteiger partial charge on any atom is 0.251 e. The number of rotatable bonds is 7. The molecular weight excluding hydrogens is 425 g/mol. The fourth-order valence-corrected chi connectivity index (χ4v) is 3.97. The van der Waals surface area contributed by atoms with Crippen LogP contribution in [0.1, 0.15) is 12.6 Å². The molecule has 1 aromatic heterocycles. The third-order valence-corrected chi connectivity index (χ3v) is 5.43. The summed E-state index contributed by atoms with van der Waals surface area (Å²) in [4.78, 5) is 30.7. The predicted octanol–water partition coefficient (Wildman–Crippen LogP) is 4.71. The van der Waals surface area contributed by atoms with Gasteiger partial charge in [-0.2, -0.15) is 11.8 Å². The Morgan fingerprint density at radius 3 is 2.56 bits per heavy atom. The van der Waals surface area contributed by atoms with Crippen molar-refractivity contribution in [2.24, 2.45) is 0 Å². The highest BCUT2D eigenvalue weighted by atomic mass is 35.5. The SMILES string of the molecule is CCSCc1cc(=O)[nH]c(SCC(=O)Nc2c(Cl)cc(Cl)cc2Cl)n1. The molecule has 0 aliphatic carbocycles. The summed E-state index contributed by atoms with van der Waals surface area (Å²) in [7, 11) is 0. The lowest BCUT2D eigenvalue weighted by Gasteiger charge is -2.09. The van der Waals surface area contributed by atoms with Gasteiger partial charge >= 0.3 is 0 Å². The van der Waals surface area contributed by atoms with Crippen molar-refractivity contribution in [3.63, 3.8) is 0 Å². The Kier molecular flexibility index (Phi) is 7.96. The number of aromatic nitrogens is 2. The molecule has 10 heteroatoms. The number of anilines is 1. The van der Waals surface area contributed by atoms with Gasteiger partial charge in [0.25, 0.3) is 5.56 Å². The van der Waals surface area contributed by atoms with Crippen LogP contribution in [0.2, 0.25) is 15.1 Å². The Hall–Kier alpha value is -0.860. The highest BCUT2D eigenvalue weighted by Crippen LogP contribution is 2.33. The fraction of sp³-hybridized carbons (Fsp3) is 0.267. The van der Waals surface area contributed by atoms with Crippen LogP contribution in [0.4, 0.5) is 5.69 Å². The molecule has 0 fully saturated rings. The Bertz CT molecular complexity index is 807. The topological polar surface area (TPSA) is 74.8 Å². The summed E-state index contributed by atoms with van der Waals surface area (Å²) in [5.74, 6) is 1.30. The van der Waals surface area contributed by atoms with Crippen LogP contribution in [0.15, 0.2) is 28.2 Å². The molecule has 1 heterocycles. The quantitative estimate of drug-likeness (QED) is 0.483. The lowest BCUT2D eigenvalue weighted by molar-refractivity contribution is -0.113. The Balaban J connectivity index is 2.01. The summed E-state index contributed by atoms with van der Waals surface area (Å²) in [6.45, 7) is 2.03. The predicted molar refractivity (Wildman–Crippen MR) is 108 cm³/mol. The molecule has 25 heavy (non-hydrogen) atoms. The monoisotopic (exact) mass is 437 g/mol. The Morgan fingerprint density at radius 2 is 1.92 bits per heavy atom. The van der Waals surface area contributed by atoms with Crippen molar-refractivity contribution in [2.75, 3.05) is 16.8 Å². The number of amides is 1. The second-order valence-electron chi connectivity index (χ2n) is 4.76. The number of nitrogens with one attached hydrogen (secondary N) is 2. The van der Waals surface area contributed by atoms with Crippen LogP contribution in [0.3, 0.4) is 0 Å². The number of thioether (sulfide) groups is 2. The van der Waals surface area contributed by atoms with Crippen LogP contribution in [-0.4, -0.2) is 27.4 Å². The number of benzene rings is 1. The van der Waals surface area contributed by atoms with E-state index in [0.29, 0.717) is 27.3 Å². The molecule has 2 N–H and O–H groups in total. The first-order valence-corrected chi connectivity index (χ1v) is 10.4. The maximum atomic E-state index is 12.1. The van der Waals surface area contributed by atoms with Gasteiger partial charge in [0.15, 0.2) is 5.16 Å². The third kappa shape index (κ3) is 6.42. The van der Waals surface area contributed by atoms with Gasteiger partial charge in [0, 0.05) is 16.8 Å². The van der Waals surface area contributed by atoms with E-state index >= 15 is 0 Å². The van der Waals surface area contributed by atoms with E-state index in [1.807, 2.05) is 6.92 Å². The van der Waals surface area contributed by atoms with Crippen LogP contribution >= 0.6 is 58.3 Å². The zero-order chi connectivity index (χ0) is 18.4. The highest BCUT2D eigenvalue weighted by Gasteiger charge is 2.12. The standard InChI is InChI=1S/C15H14Cl3N3O2S2/c1-2-24-6-9-5-12(22)21-15(19-9)25-7-13(23)20-14-10(17)3-8(16)4-11(14)18/h3-5H,2,6-7H2,1H3,(H,20,23)(H,19,21,22). The van der Waals surface area contributed by atoms with Gasteiger partial charge in [0.1, 0.15) is 0 Å². The van der Waals surface area contributed by atoms with Gasteiger partial charge in [-0.15, -0.1) is 0 Å². The largest absolute Gasteiger partial charge is 0.323 e. The molecule has 0 aliphatic heterocycles. The molecule has 0 unspecified atom stereocenters. The highest BCUT2D eigenvalue weighted by molar-refractivity contribution is 7.99. The molecule has 134 valence electrons. The minimum Gasteiger partial charge on any atom is -0.323 e. The number of hydrogen-bond donors (Lipinski definition) is 2. The zero-order valence-electron chi connectivity index (χ0n) is 13.1. The van der Waals surface area contributed by atoms with Crippen LogP contribution in [0.5, 0.6) is 0 Å². The lowest BCUT2D eigenvalue weighted by atomic mass is 10.3. The molecule has 0 spiro atoms. The van der Waals surface area contributed by atoms with E-state index in [0.717, 1.165) is 17.5 Å². The van der Waals surface area contributed by atoms with Gasteiger partial charge in [-0.25, -0.2) is 4.98 Å². The molecule has 2 rings (SSSR count). The van der Waals surface area contributed by atoms with Gasteiger partial charge in [-0.05, 0) is 17.9 Å². The molecule has 0 bridgehead atoms. The summed E-state index contributed by atoms with van der Waals surface area (Å²) in [5, 5.41) is 3.91. The van der Waals surface area contributed by atoms with E-state index in [9.17, 15) is 9.59 Å². The first-order valence-electron chi connectivity index (χ1n) is 7.14. The minimum atomic E-state index is -0.327. The average Bonchev–Trinajstić information content (AvgIpc) is 2.54.